The summed E-state index contributed by atoms with van der Waals surface area (Å²) in [6, 6.07) is 8.11. The van der Waals surface area contributed by atoms with Gasteiger partial charge in [0.05, 0.1) is 5.54 Å². The molecule has 0 aliphatic heterocycles. The van der Waals surface area contributed by atoms with Crippen molar-refractivity contribution in [2.75, 3.05) is 21.3 Å². The van der Waals surface area contributed by atoms with Crippen LogP contribution in [0.3, 0.4) is 0 Å². The second-order valence-electron chi connectivity index (χ2n) is 3.49. The molecule has 16 heavy (non-hydrogen) atoms. The van der Waals surface area contributed by atoms with Crippen molar-refractivity contribution in [2.24, 2.45) is 0 Å². The number of benzene rings is 1. The summed E-state index contributed by atoms with van der Waals surface area (Å²) in [5.74, 6) is 0. The summed E-state index contributed by atoms with van der Waals surface area (Å²) in [6.45, 7) is 2.06. The lowest BCUT2D eigenvalue weighted by Gasteiger charge is -2.30. The molecule has 0 aromatic heterocycles. The minimum atomic E-state index is -2.59. The fourth-order valence-electron chi connectivity index (χ4n) is 1.74. The van der Waals surface area contributed by atoms with Crippen molar-refractivity contribution >= 4 is 24.7 Å². The monoisotopic (exact) mass is 304 g/mol. The van der Waals surface area contributed by atoms with E-state index >= 15 is 0 Å². The first-order valence-electron chi connectivity index (χ1n) is 5.00. The highest BCUT2D eigenvalue weighted by Crippen LogP contribution is 2.28. The summed E-state index contributed by atoms with van der Waals surface area (Å²) >= 11 is 3.41. The van der Waals surface area contributed by atoms with Crippen LogP contribution in [0, 0.1) is 0 Å². The lowest BCUT2D eigenvalue weighted by atomic mass is 10.2. The molecule has 5 heteroatoms. The molecule has 0 aliphatic rings. The average molecular weight is 305 g/mol. The van der Waals surface area contributed by atoms with Crippen LogP contribution in [-0.2, 0) is 13.3 Å². The van der Waals surface area contributed by atoms with Crippen LogP contribution < -0.4 is 0 Å². The minimum absolute atomic E-state index is 0.112. The van der Waals surface area contributed by atoms with Gasteiger partial charge in [-0.3, -0.25) is 0 Å². The van der Waals surface area contributed by atoms with Gasteiger partial charge in [0.25, 0.3) is 0 Å². The fraction of sp³-hybridized carbons (Fsp3) is 0.455. The van der Waals surface area contributed by atoms with Crippen molar-refractivity contribution in [1.82, 2.24) is 0 Å². The van der Waals surface area contributed by atoms with Gasteiger partial charge in [-0.25, -0.2) is 0 Å². The van der Waals surface area contributed by atoms with Crippen molar-refractivity contribution in [3.8, 4) is 0 Å². The van der Waals surface area contributed by atoms with Crippen LogP contribution in [0.2, 0.25) is 0 Å². The minimum Gasteiger partial charge on any atom is -0.376 e. The van der Waals surface area contributed by atoms with Crippen molar-refractivity contribution in [1.29, 1.82) is 0 Å². The topological polar surface area (TPSA) is 27.7 Å². The molecule has 0 amide bonds. The van der Waals surface area contributed by atoms with E-state index in [9.17, 15) is 0 Å². The molecule has 0 fully saturated rings. The third kappa shape index (κ3) is 2.72. The van der Waals surface area contributed by atoms with Crippen LogP contribution in [0.15, 0.2) is 28.7 Å². The van der Waals surface area contributed by atoms with Gasteiger partial charge in [-0.2, -0.15) is 0 Å². The highest BCUT2D eigenvalue weighted by atomic mass is 79.9. The van der Waals surface area contributed by atoms with Gasteiger partial charge in [0.1, 0.15) is 0 Å². The van der Waals surface area contributed by atoms with Gasteiger partial charge in [0, 0.05) is 25.8 Å². The Bertz CT molecular complexity index is 316. The molecule has 0 heterocycles. The molecule has 1 atom stereocenters. The van der Waals surface area contributed by atoms with Crippen molar-refractivity contribution in [3.05, 3.63) is 34.3 Å². The van der Waals surface area contributed by atoms with E-state index in [1.807, 2.05) is 24.3 Å². The van der Waals surface area contributed by atoms with Crippen molar-refractivity contribution in [3.63, 3.8) is 0 Å². The largest absolute Gasteiger partial charge is 0.507 e. The van der Waals surface area contributed by atoms with E-state index in [0.29, 0.717) is 0 Å². The van der Waals surface area contributed by atoms with Crippen LogP contribution in [0.1, 0.15) is 18.0 Å². The highest BCUT2D eigenvalue weighted by molar-refractivity contribution is 9.10. The molecule has 0 bridgehead atoms. The van der Waals surface area contributed by atoms with Crippen LogP contribution in [0.25, 0.3) is 0 Å². The Morgan fingerprint density at radius 1 is 1.00 bits per heavy atom. The molecule has 0 saturated heterocycles. The van der Waals surface area contributed by atoms with Crippen molar-refractivity contribution in [2.45, 2.75) is 12.5 Å². The highest BCUT2D eigenvalue weighted by Gasteiger charge is 2.45. The van der Waals surface area contributed by atoms with Crippen LogP contribution in [0.4, 0.5) is 0 Å². The predicted molar refractivity (Wildman–Crippen MR) is 69.3 cm³/mol. The molecular weight excluding hydrogens is 288 g/mol. The molecule has 1 aromatic rings. The Kier molecular flexibility index (Phi) is 5.14. The molecule has 3 nitrogen and oxygen atoms in total. The van der Waals surface area contributed by atoms with Crippen molar-refractivity contribution < 1.29 is 13.3 Å². The summed E-state index contributed by atoms with van der Waals surface area (Å²) < 4.78 is 17.5. The van der Waals surface area contributed by atoms with Crippen LogP contribution >= 0.6 is 15.9 Å². The molecule has 90 valence electrons. The quantitative estimate of drug-likeness (QED) is 0.783. The maximum atomic E-state index is 5.47. The standard InChI is InChI=1S/C11H17BrO3Si/c1-9(16(13-2,14-3)15-4)10-5-7-11(12)8-6-10/h5-9H,1-4H3. The number of hydrogen-bond acceptors (Lipinski definition) is 3. The Balaban J connectivity index is 2.98. The van der Waals surface area contributed by atoms with E-state index < -0.39 is 8.80 Å². The maximum Gasteiger partial charge on any atom is 0.507 e. The summed E-state index contributed by atoms with van der Waals surface area (Å²) in [7, 11) is 2.31. The smallest absolute Gasteiger partial charge is 0.376 e. The van der Waals surface area contributed by atoms with Gasteiger partial charge in [-0.15, -0.1) is 0 Å². The molecule has 0 spiro atoms. The Hall–Kier alpha value is -0.203. The zero-order valence-electron chi connectivity index (χ0n) is 9.99. The average Bonchev–Trinajstić information content (AvgIpc) is 2.33. The second-order valence-corrected chi connectivity index (χ2v) is 7.70. The first kappa shape index (κ1) is 13.9. The first-order chi connectivity index (χ1) is 7.59. The molecule has 0 N–H and O–H groups in total. The van der Waals surface area contributed by atoms with E-state index in [1.54, 1.807) is 21.3 Å². The van der Waals surface area contributed by atoms with Gasteiger partial charge in [-0.1, -0.05) is 35.0 Å². The third-order valence-electron chi connectivity index (χ3n) is 2.75. The Morgan fingerprint density at radius 3 is 1.81 bits per heavy atom. The molecule has 1 rings (SSSR count). The third-order valence-corrected chi connectivity index (χ3v) is 6.38. The SMILES string of the molecule is CO[Si](OC)(OC)C(C)c1ccc(Br)cc1. The fourth-order valence-corrected chi connectivity index (χ4v) is 4.16. The summed E-state index contributed by atoms with van der Waals surface area (Å²) in [6.07, 6.45) is 0. The van der Waals surface area contributed by atoms with E-state index in [4.69, 9.17) is 13.3 Å². The number of rotatable bonds is 5. The van der Waals surface area contributed by atoms with Gasteiger partial charge in [0.2, 0.25) is 0 Å². The molecule has 0 saturated carbocycles. The summed E-state index contributed by atoms with van der Waals surface area (Å²) in [4.78, 5) is 0. The van der Waals surface area contributed by atoms with Crippen LogP contribution in [0.5, 0.6) is 0 Å². The summed E-state index contributed by atoms with van der Waals surface area (Å²) in [5, 5.41) is 0. The van der Waals surface area contributed by atoms with Gasteiger partial charge in [0.15, 0.2) is 0 Å². The normalized spacial score (nSPS) is 13.8. The van der Waals surface area contributed by atoms with Gasteiger partial charge in [-0.05, 0) is 17.7 Å². The molecule has 0 aliphatic carbocycles. The lowest BCUT2D eigenvalue weighted by molar-refractivity contribution is 0.114. The zero-order chi connectivity index (χ0) is 12.2. The van der Waals surface area contributed by atoms with Gasteiger partial charge < -0.3 is 13.3 Å². The lowest BCUT2D eigenvalue weighted by Crippen LogP contribution is -2.48. The molecule has 0 radical (unpaired) electrons. The Labute approximate surface area is 106 Å². The second kappa shape index (κ2) is 5.93. The number of hydrogen-bond donors (Lipinski definition) is 0. The van der Waals surface area contributed by atoms with Gasteiger partial charge >= 0.3 is 8.80 Å². The summed E-state index contributed by atoms with van der Waals surface area (Å²) in [5.41, 5.74) is 1.26. The van der Waals surface area contributed by atoms with E-state index in [0.717, 1.165) is 10.0 Å². The number of halogens is 1. The molecule has 1 unspecified atom stereocenters. The van der Waals surface area contributed by atoms with E-state index in [1.165, 1.54) is 0 Å². The maximum absolute atomic E-state index is 5.47. The van der Waals surface area contributed by atoms with E-state index in [-0.39, 0.29) is 5.54 Å². The molecular formula is C11H17BrO3Si. The van der Waals surface area contributed by atoms with E-state index in [2.05, 4.69) is 22.9 Å². The zero-order valence-corrected chi connectivity index (χ0v) is 12.6. The first-order valence-corrected chi connectivity index (χ1v) is 7.60. The molecule has 1 aromatic carbocycles. The van der Waals surface area contributed by atoms with Crippen LogP contribution in [-0.4, -0.2) is 30.1 Å². The predicted octanol–water partition coefficient (Wildman–Crippen LogP) is 2.97. The Morgan fingerprint density at radius 2 is 1.44 bits per heavy atom.